The summed E-state index contributed by atoms with van der Waals surface area (Å²) in [4.78, 5) is 6.96. The van der Waals surface area contributed by atoms with Crippen LogP contribution in [0.15, 0.2) is 30.6 Å². The molecule has 0 saturated carbocycles. The zero-order valence-electron chi connectivity index (χ0n) is 7.44. The lowest BCUT2D eigenvalue weighted by molar-refractivity contribution is 0.400. The van der Waals surface area contributed by atoms with Gasteiger partial charge < -0.3 is 15.2 Å². The van der Waals surface area contributed by atoms with Crippen LogP contribution in [0, 0.1) is 0 Å². The lowest BCUT2D eigenvalue weighted by atomic mass is 10.1. The fourth-order valence-electron chi connectivity index (χ4n) is 1.30. The molecule has 1 aromatic carbocycles. The predicted molar refractivity (Wildman–Crippen MR) is 51.2 cm³/mol. The standard InChI is InChI=1S/C10H10N2O2/c13-8-3-1-2-7(10(8)14)6-9-11-4-5-12-9/h1-5,13-14H,6H2,(H,11,12). The smallest absolute Gasteiger partial charge is 0.161 e. The second-order valence-corrected chi connectivity index (χ2v) is 3.00. The fourth-order valence-corrected chi connectivity index (χ4v) is 1.30. The van der Waals surface area contributed by atoms with Crippen LogP contribution in [-0.2, 0) is 6.42 Å². The molecule has 0 aliphatic carbocycles. The van der Waals surface area contributed by atoms with Crippen molar-refractivity contribution >= 4 is 0 Å². The summed E-state index contributed by atoms with van der Waals surface area (Å²) >= 11 is 0. The van der Waals surface area contributed by atoms with Gasteiger partial charge in [-0.05, 0) is 6.07 Å². The highest BCUT2D eigenvalue weighted by Crippen LogP contribution is 2.29. The van der Waals surface area contributed by atoms with Crippen molar-refractivity contribution in [2.75, 3.05) is 0 Å². The van der Waals surface area contributed by atoms with Gasteiger partial charge in [0.2, 0.25) is 0 Å². The Morgan fingerprint density at radius 2 is 2.14 bits per heavy atom. The van der Waals surface area contributed by atoms with Gasteiger partial charge in [-0.3, -0.25) is 0 Å². The van der Waals surface area contributed by atoms with Crippen molar-refractivity contribution in [1.82, 2.24) is 9.97 Å². The van der Waals surface area contributed by atoms with E-state index in [0.29, 0.717) is 12.0 Å². The molecule has 4 heteroatoms. The van der Waals surface area contributed by atoms with Gasteiger partial charge in [-0.2, -0.15) is 0 Å². The molecule has 72 valence electrons. The highest BCUT2D eigenvalue weighted by Gasteiger charge is 2.06. The molecule has 2 rings (SSSR count). The highest BCUT2D eigenvalue weighted by molar-refractivity contribution is 5.45. The number of rotatable bonds is 2. The van der Waals surface area contributed by atoms with Crippen molar-refractivity contribution < 1.29 is 10.2 Å². The molecule has 0 fully saturated rings. The quantitative estimate of drug-likeness (QED) is 0.627. The number of phenolic OH excluding ortho intramolecular Hbond substituents is 2. The second kappa shape index (κ2) is 3.41. The number of para-hydroxylation sites is 1. The van der Waals surface area contributed by atoms with Crippen molar-refractivity contribution in [3.05, 3.63) is 42.0 Å². The van der Waals surface area contributed by atoms with Crippen molar-refractivity contribution in [2.24, 2.45) is 0 Å². The van der Waals surface area contributed by atoms with E-state index in [1.165, 1.54) is 6.07 Å². The summed E-state index contributed by atoms with van der Waals surface area (Å²) in [7, 11) is 0. The van der Waals surface area contributed by atoms with Crippen LogP contribution < -0.4 is 0 Å². The molecule has 0 aliphatic heterocycles. The van der Waals surface area contributed by atoms with E-state index in [0.717, 1.165) is 5.82 Å². The van der Waals surface area contributed by atoms with Gasteiger partial charge in [0.15, 0.2) is 11.5 Å². The van der Waals surface area contributed by atoms with Crippen LogP contribution in [0.3, 0.4) is 0 Å². The Kier molecular flexibility index (Phi) is 2.10. The SMILES string of the molecule is Oc1cccc(Cc2ncc[nH]2)c1O. The molecule has 4 nitrogen and oxygen atoms in total. The summed E-state index contributed by atoms with van der Waals surface area (Å²) in [5.41, 5.74) is 0.653. The van der Waals surface area contributed by atoms with E-state index in [9.17, 15) is 10.2 Å². The number of hydrogen-bond acceptors (Lipinski definition) is 3. The van der Waals surface area contributed by atoms with Crippen LogP contribution in [0.5, 0.6) is 11.5 Å². The van der Waals surface area contributed by atoms with E-state index in [1.807, 2.05) is 0 Å². The van der Waals surface area contributed by atoms with Crippen LogP contribution in [-0.4, -0.2) is 20.2 Å². The first kappa shape index (κ1) is 8.62. The van der Waals surface area contributed by atoms with E-state index in [4.69, 9.17) is 0 Å². The van der Waals surface area contributed by atoms with Gasteiger partial charge in [0, 0.05) is 24.4 Å². The summed E-state index contributed by atoms with van der Waals surface area (Å²) < 4.78 is 0. The molecule has 0 saturated heterocycles. The minimum Gasteiger partial charge on any atom is -0.504 e. The zero-order valence-corrected chi connectivity index (χ0v) is 7.44. The fraction of sp³-hybridized carbons (Fsp3) is 0.100. The lowest BCUT2D eigenvalue weighted by Gasteiger charge is -2.03. The average Bonchev–Trinajstić information content (AvgIpc) is 2.66. The number of aromatic amines is 1. The molecule has 0 radical (unpaired) electrons. The van der Waals surface area contributed by atoms with Gasteiger partial charge in [0.1, 0.15) is 5.82 Å². The number of imidazole rings is 1. The van der Waals surface area contributed by atoms with Gasteiger partial charge in [-0.15, -0.1) is 0 Å². The van der Waals surface area contributed by atoms with Gasteiger partial charge in [-0.1, -0.05) is 12.1 Å². The zero-order chi connectivity index (χ0) is 9.97. The van der Waals surface area contributed by atoms with Crippen LogP contribution in [0.25, 0.3) is 0 Å². The number of nitrogens with zero attached hydrogens (tertiary/aromatic N) is 1. The number of benzene rings is 1. The van der Waals surface area contributed by atoms with Crippen molar-refractivity contribution in [3.63, 3.8) is 0 Å². The molecule has 0 bridgehead atoms. The van der Waals surface area contributed by atoms with Crippen molar-refractivity contribution in [1.29, 1.82) is 0 Å². The Hall–Kier alpha value is -1.97. The molecular weight excluding hydrogens is 180 g/mol. The van der Waals surface area contributed by atoms with Crippen LogP contribution in [0.1, 0.15) is 11.4 Å². The molecule has 2 aromatic rings. The Balaban J connectivity index is 2.29. The molecule has 3 N–H and O–H groups in total. The number of nitrogens with one attached hydrogen (secondary N) is 1. The number of aromatic hydroxyl groups is 2. The summed E-state index contributed by atoms with van der Waals surface area (Å²) in [6, 6.07) is 4.88. The Bertz CT molecular complexity index is 424. The predicted octanol–water partition coefficient (Wildman–Crippen LogP) is 1.41. The summed E-state index contributed by atoms with van der Waals surface area (Å²) in [6.45, 7) is 0. The molecule has 1 heterocycles. The molecule has 1 aromatic heterocycles. The molecular formula is C10H10N2O2. The Labute approximate surface area is 80.9 Å². The lowest BCUT2D eigenvalue weighted by Crippen LogP contribution is -1.90. The van der Waals surface area contributed by atoms with E-state index in [2.05, 4.69) is 9.97 Å². The third kappa shape index (κ3) is 1.54. The molecule has 0 aliphatic rings. The largest absolute Gasteiger partial charge is 0.504 e. The van der Waals surface area contributed by atoms with Crippen LogP contribution in [0.4, 0.5) is 0 Å². The van der Waals surface area contributed by atoms with Crippen molar-refractivity contribution in [2.45, 2.75) is 6.42 Å². The Morgan fingerprint density at radius 3 is 2.86 bits per heavy atom. The molecule has 14 heavy (non-hydrogen) atoms. The Morgan fingerprint density at radius 1 is 1.29 bits per heavy atom. The third-order valence-corrected chi connectivity index (χ3v) is 2.01. The van der Waals surface area contributed by atoms with Crippen LogP contribution in [0.2, 0.25) is 0 Å². The maximum absolute atomic E-state index is 9.50. The number of H-pyrrole nitrogens is 1. The first-order valence-electron chi connectivity index (χ1n) is 4.25. The molecule has 0 spiro atoms. The molecule has 0 atom stereocenters. The van der Waals surface area contributed by atoms with E-state index < -0.39 is 0 Å². The van der Waals surface area contributed by atoms with E-state index >= 15 is 0 Å². The molecule has 0 unspecified atom stereocenters. The van der Waals surface area contributed by atoms with Gasteiger partial charge >= 0.3 is 0 Å². The normalized spacial score (nSPS) is 10.3. The summed E-state index contributed by atoms with van der Waals surface area (Å²) in [5, 5.41) is 18.8. The maximum atomic E-state index is 9.50. The summed E-state index contributed by atoms with van der Waals surface area (Å²) in [6.07, 6.45) is 3.84. The van der Waals surface area contributed by atoms with Gasteiger partial charge in [0.25, 0.3) is 0 Å². The number of phenols is 2. The molecule has 0 amide bonds. The summed E-state index contributed by atoms with van der Waals surface area (Å²) in [5.74, 6) is 0.573. The number of aromatic nitrogens is 2. The van der Waals surface area contributed by atoms with E-state index in [1.54, 1.807) is 24.5 Å². The van der Waals surface area contributed by atoms with Gasteiger partial charge in [-0.25, -0.2) is 4.98 Å². The first-order chi connectivity index (χ1) is 6.77. The van der Waals surface area contributed by atoms with Gasteiger partial charge in [0.05, 0.1) is 0 Å². The minimum absolute atomic E-state index is 0.0797. The monoisotopic (exact) mass is 190 g/mol. The second-order valence-electron chi connectivity index (χ2n) is 3.00. The number of hydrogen-bond donors (Lipinski definition) is 3. The van der Waals surface area contributed by atoms with E-state index in [-0.39, 0.29) is 11.5 Å². The van der Waals surface area contributed by atoms with Crippen LogP contribution >= 0.6 is 0 Å². The average molecular weight is 190 g/mol. The topological polar surface area (TPSA) is 69.1 Å². The minimum atomic E-state index is -0.103. The first-order valence-corrected chi connectivity index (χ1v) is 4.25. The van der Waals surface area contributed by atoms with Crippen molar-refractivity contribution in [3.8, 4) is 11.5 Å². The maximum Gasteiger partial charge on any atom is 0.161 e. The third-order valence-electron chi connectivity index (χ3n) is 2.01. The highest BCUT2D eigenvalue weighted by atomic mass is 16.3.